The molecule has 0 amide bonds. The summed E-state index contributed by atoms with van der Waals surface area (Å²) in [4.78, 5) is 2.19. The maximum atomic E-state index is 5.55. The third-order valence-corrected chi connectivity index (χ3v) is 1.84. The molecule has 1 unspecified atom stereocenters. The topological polar surface area (TPSA) is 12.5 Å². The van der Waals surface area contributed by atoms with E-state index in [0.29, 0.717) is 6.10 Å². The molecule has 0 saturated carbocycles. The summed E-state index contributed by atoms with van der Waals surface area (Å²) < 4.78 is 5.55. The van der Waals surface area contributed by atoms with Gasteiger partial charge < -0.3 is 9.64 Å². The van der Waals surface area contributed by atoms with E-state index >= 15 is 0 Å². The van der Waals surface area contributed by atoms with Gasteiger partial charge in [0.2, 0.25) is 0 Å². The Morgan fingerprint density at radius 1 is 1.25 bits per heavy atom. The zero-order chi connectivity index (χ0) is 9.40. The van der Waals surface area contributed by atoms with Crippen LogP contribution in [0.4, 0.5) is 0 Å². The van der Waals surface area contributed by atoms with Crippen LogP contribution in [0.1, 0.15) is 33.1 Å². The Hall–Kier alpha value is -0.0800. The van der Waals surface area contributed by atoms with Crippen molar-refractivity contribution in [3.05, 3.63) is 0 Å². The molecule has 0 aromatic carbocycles. The van der Waals surface area contributed by atoms with Crippen molar-refractivity contribution in [1.82, 2.24) is 4.90 Å². The Bertz CT molecular complexity index is 87.8. The molecule has 0 aliphatic carbocycles. The van der Waals surface area contributed by atoms with E-state index in [0.717, 1.165) is 13.2 Å². The molecule has 74 valence electrons. The van der Waals surface area contributed by atoms with E-state index in [2.05, 4.69) is 19.0 Å². The monoisotopic (exact) mass is 173 g/mol. The predicted molar refractivity (Wildman–Crippen MR) is 53.5 cm³/mol. The van der Waals surface area contributed by atoms with E-state index in [1.54, 1.807) is 0 Å². The SMILES string of the molecule is CC.CN(C)CC1CCCCO1. The highest BCUT2D eigenvalue weighted by atomic mass is 16.5. The second-order valence-electron chi connectivity index (χ2n) is 3.25. The molecular formula is C10H23NO. The van der Waals surface area contributed by atoms with Crippen LogP contribution in [0.15, 0.2) is 0 Å². The molecule has 1 heterocycles. The lowest BCUT2D eigenvalue weighted by molar-refractivity contribution is 0.00219. The van der Waals surface area contributed by atoms with Crippen molar-refractivity contribution in [2.45, 2.75) is 39.2 Å². The van der Waals surface area contributed by atoms with Gasteiger partial charge in [-0.15, -0.1) is 0 Å². The summed E-state index contributed by atoms with van der Waals surface area (Å²) >= 11 is 0. The van der Waals surface area contributed by atoms with Gasteiger partial charge in [-0.2, -0.15) is 0 Å². The zero-order valence-corrected chi connectivity index (χ0v) is 8.97. The van der Waals surface area contributed by atoms with Crippen LogP contribution < -0.4 is 0 Å². The van der Waals surface area contributed by atoms with Crippen LogP contribution in [0.3, 0.4) is 0 Å². The molecule has 0 N–H and O–H groups in total. The summed E-state index contributed by atoms with van der Waals surface area (Å²) in [7, 11) is 4.19. The first kappa shape index (κ1) is 11.9. The highest BCUT2D eigenvalue weighted by Gasteiger charge is 2.13. The minimum absolute atomic E-state index is 0.503. The molecule has 0 bridgehead atoms. The number of ether oxygens (including phenoxy) is 1. The molecule has 12 heavy (non-hydrogen) atoms. The molecule has 1 aliphatic rings. The second-order valence-corrected chi connectivity index (χ2v) is 3.25. The molecule has 0 aromatic heterocycles. The minimum Gasteiger partial charge on any atom is -0.377 e. The van der Waals surface area contributed by atoms with E-state index in [-0.39, 0.29) is 0 Å². The van der Waals surface area contributed by atoms with Crippen molar-refractivity contribution >= 4 is 0 Å². The first-order valence-corrected chi connectivity index (χ1v) is 5.05. The number of nitrogens with zero attached hydrogens (tertiary/aromatic N) is 1. The fourth-order valence-corrected chi connectivity index (χ4v) is 1.36. The lowest BCUT2D eigenvalue weighted by Gasteiger charge is -2.25. The van der Waals surface area contributed by atoms with Crippen LogP contribution in [-0.4, -0.2) is 38.3 Å². The molecular weight excluding hydrogens is 150 g/mol. The molecule has 0 aromatic rings. The third-order valence-electron chi connectivity index (χ3n) is 1.84. The minimum atomic E-state index is 0.503. The Morgan fingerprint density at radius 2 is 1.92 bits per heavy atom. The first-order chi connectivity index (χ1) is 5.79. The molecule has 1 atom stereocenters. The smallest absolute Gasteiger partial charge is 0.0701 e. The van der Waals surface area contributed by atoms with E-state index in [4.69, 9.17) is 4.74 Å². The molecule has 0 radical (unpaired) electrons. The van der Waals surface area contributed by atoms with Gasteiger partial charge in [-0.25, -0.2) is 0 Å². The van der Waals surface area contributed by atoms with Crippen molar-refractivity contribution in [3.8, 4) is 0 Å². The van der Waals surface area contributed by atoms with Gasteiger partial charge in [-0.1, -0.05) is 13.8 Å². The highest BCUT2D eigenvalue weighted by Crippen LogP contribution is 2.12. The summed E-state index contributed by atoms with van der Waals surface area (Å²) in [6.45, 7) is 6.05. The molecule has 1 saturated heterocycles. The van der Waals surface area contributed by atoms with Crippen LogP contribution in [0.5, 0.6) is 0 Å². The molecule has 0 spiro atoms. The van der Waals surface area contributed by atoms with Crippen LogP contribution in [0.25, 0.3) is 0 Å². The van der Waals surface area contributed by atoms with Gasteiger partial charge in [-0.3, -0.25) is 0 Å². The van der Waals surface area contributed by atoms with E-state index < -0.39 is 0 Å². The third kappa shape index (κ3) is 5.56. The summed E-state index contributed by atoms with van der Waals surface area (Å²) in [5.74, 6) is 0. The fourth-order valence-electron chi connectivity index (χ4n) is 1.36. The van der Waals surface area contributed by atoms with Crippen molar-refractivity contribution in [2.75, 3.05) is 27.2 Å². The average molecular weight is 173 g/mol. The summed E-state index contributed by atoms with van der Waals surface area (Å²) in [5.41, 5.74) is 0. The van der Waals surface area contributed by atoms with Gasteiger partial charge in [0.1, 0.15) is 0 Å². The van der Waals surface area contributed by atoms with Crippen molar-refractivity contribution in [2.24, 2.45) is 0 Å². The average Bonchev–Trinajstić information content (AvgIpc) is 2.08. The van der Waals surface area contributed by atoms with E-state index in [1.165, 1.54) is 19.3 Å². The van der Waals surface area contributed by atoms with Gasteiger partial charge in [0.15, 0.2) is 0 Å². The lowest BCUT2D eigenvalue weighted by Crippen LogP contribution is -2.30. The second kappa shape index (κ2) is 7.56. The normalized spacial score (nSPS) is 23.2. The molecule has 1 rings (SSSR count). The fraction of sp³-hybridized carbons (Fsp3) is 1.00. The van der Waals surface area contributed by atoms with Gasteiger partial charge in [0.25, 0.3) is 0 Å². The first-order valence-electron chi connectivity index (χ1n) is 5.05. The zero-order valence-electron chi connectivity index (χ0n) is 8.97. The van der Waals surface area contributed by atoms with Crippen molar-refractivity contribution in [3.63, 3.8) is 0 Å². The summed E-state index contributed by atoms with van der Waals surface area (Å²) in [6.07, 6.45) is 4.35. The molecule has 1 fully saturated rings. The largest absolute Gasteiger partial charge is 0.377 e. The highest BCUT2D eigenvalue weighted by molar-refractivity contribution is 4.65. The van der Waals surface area contributed by atoms with E-state index in [9.17, 15) is 0 Å². The summed E-state index contributed by atoms with van der Waals surface area (Å²) in [5, 5.41) is 0. The van der Waals surface area contributed by atoms with Crippen LogP contribution >= 0.6 is 0 Å². The lowest BCUT2D eigenvalue weighted by atomic mass is 10.1. The van der Waals surface area contributed by atoms with Crippen LogP contribution in [-0.2, 0) is 4.74 Å². The Morgan fingerprint density at radius 3 is 2.33 bits per heavy atom. The van der Waals surface area contributed by atoms with E-state index in [1.807, 2.05) is 13.8 Å². The maximum Gasteiger partial charge on any atom is 0.0701 e. The standard InChI is InChI=1S/C8H17NO.C2H6/c1-9(2)7-8-5-3-4-6-10-8;1-2/h8H,3-7H2,1-2H3;1-2H3. The number of likely N-dealkylation sites (N-methyl/N-ethyl adjacent to an activating group) is 1. The summed E-state index contributed by atoms with van der Waals surface area (Å²) in [6, 6.07) is 0. The molecule has 1 aliphatic heterocycles. The number of hydrogen-bond donors (Lipinski definition) is 0. The van der Waals surface area contributed by atoms with Crippen molar-refractivity contribution < 1.29 is 4.74 Å². The Balaban J connectivity index is 0.000000561. The van der Waals surface area contributed by atoms with Gasteiger partial charge in [0.05, 0.1) is 6.10 Å². The quantitative estimate of drug-likeness (QED) is 0.634. The Kier molecular flexibility index (Phi) is 7.51. The predicted octanol–water partition coefficient (Wildman–Crippen LogP) is 2.14. The number of rotatable bonds is 2. The van der Waals surface area contributed by atoms with Crippen molar-refractivity contribution in [1.29, 1.82) is 0 Å². The van der Waals surface area contributed by atoms with Gasteiger partial charge in [0, 0.05) is 13.2 Å². The van der Waals surface area contributed by atoms with Crippen LogP contribution in [0, 0.1) is 0 Å². The number of hydrogen-bond acceptors (Lipinski definition) is 2. The van der Waals surface area contributed by atoms with Gasteiger partial charge >= 0.3 is 0 Å². The molecule has 2 nitrogen and oxygen atoms in total. The van der Waals surface area contributed by atoms with Crippen LogP contribution in [0.2, 0.25) is 0 Å². The van der Waals surface area contributed by atoms with Gasteiger partial charge in [-0.05, 0) is 33.4 Å². The maximum absolute atomic E-state index is 5.55. The Labute approximate surface area is 76.9 Å². The molecule has 2 heteroatoms.